The fraction of sp³-hybridized carbons (Fsp3) is 0.938. The van der Waals surface area contributed by atoms with E-state index in [-0.39, 0.29) is 11.5 Å². The van der Waals surface area contributed by atoms with Crippen LogP contribution in [-0.2, 0) is 4.74 Å². The standard InChI is InChI=1S/C16H31N3O2/c1-15(2,3)21-14(20)19-9-5-7-16(4,12-19)11-18-13-6-8-17-10-13/h13,17-18H,5-12H2,1-4H3. The molecule has 2 rings (SSSR count). The minimum absolute atomic E-state index is 0.151. The normalized spacial score (nSPS) is 30.5. The summed E-state index contributed by atoms with van der Waals surface area (Å²) in [5, 5.41) is 7.04. The number of hydrogen-bond donors (Lipinski definition) is 2. The molecule has 2 heterocycles. The third-order valence-corrected chi connectivity index (χ3v) is 4.31. The first-order chi connectivity index (χ1) is 9.77. The molecule has 2 fully saturated rings. The van der Waals surface area contributed by atoms with Gasteiger partial charge in [-0.1, -0.05) is 6.92 Å². The zero-order valence-electron chi connectivity index (χ0n) is 14.0. The Morgan fingerprint density at radius 2 is 2.24 bits per heavy atom. The van der Waals surface area contributed by atoms with Crippen LogP contribution in [0.2, 0.25) is 0 Å². The average Bonchev–Trinajstić information content (AvgIpc) is 2.88. The van der Waals surface area contributed by atoms with Crippen LogP contribution in [-0.4, -0.2) is 55.4 Å². The summed E-state index contributed by atoms with van der Waals surface area (Å²) in [5.74, 6) is 0. The van der Waals surface area contributed by atoms with E-state index in [1.807, 2.05) is 25.7 Å². The molecule has 2 unspecified atom stereocenters. The second kappa shape index (κ2) is 6.53. The van der Waals surface area contributed by atoms with Gasteiger partial charge in [-0.3, -0.25) is 0 Å². The quantitative estimate of drug-likeness (QED) is 0.836. The number of ether oxygens (including phenoxy) is 1. The lowest BCUT2D eigenvalue weighted by molar-refractivity contribution is 0.00654. The van der Waals surface area contributed by atoms with E-state index in [4.69, 9.17) is 4.74 Å². The van der Waals surface area contributed by atoms with Crippen molar-refractivity contribution in [1.29, 1.82) is 0 Å². The van der Waals surface area contributed by atoms with Crippen LogP contribution < -0.4 is 10.6 Å². The van der Waals surface area contributed by atoms with Crippen LogP contribution in [0.1, 0.15) is 47.0 Å². The predicted octanol–water partition coefficient (Wildman–Crippen LogP) is 1.98. The molecule has 0 saturated carbocycles. The topological polar surface area (TPSA) is 53.6 Å². The molecule has 0 aromatic rings. The number of piperidine rings is 1. The molecule has 2 atom stereocenters. The van der Waals surface area contributed by atoms with Crippen molar-refractivity contribution < 1.29 is 9.53 Å². The summed E-state index contributed by atoms with van der Waals surface area (Å²) in [7, 11) is 0. The molecule has 5 heteroatoms. The highest BCUT2D eigenvalue weighted by atomic mass is 16.6. The summed E-state index contributed by atoms with van der Waals surface area (Å²) in [6, 6.07) is 0.582. The zero-order valence-corrected chi connectivity index (χ0v) is 14.0. The van der Waals surface area contributed by atoms with E-state index in [0.717, 1.165) is 39.1 Å². The van der Waals surface area contributed by atoms with E-state index in [9.17, 15) is 4.79 Å². The van der Waals surface area contributed by atoms with Crippen molar-refractivity contribution in [1.82, 2.24) is 15.5 Å². The first-order valence-electron chi connectivity index (χ1n) is 8.19. The van der Waals surface area contributed by atoms with Gasteiger partial charge in [-0.05, 0) is 52.0 Å². The molecule has 0 aromatic carbocycles. The Balaban J connectivity index is 1.84. The lowest BCUT2D eigenvalue weighted by Crippen LogP contribution is -2.51. The Kier molecular flexibility index (Phi) is 5.15. The maximum Gasteiger partial charge on any atom is 0.410 e. The van der Waals surface area contributed by atoms with E-state index in [1.54, 1.807) is 0 Å². The molecular weight excluding hydrogens is 266 g/mol. The van der Waals surface area contributed by atoms with Gasteiger partial charge in [0.2, 0.25) is 0 Å². The minimum atomic E-state index is -0.418. The van der Waals surface area contributed by atoms with Crippen molar-refractivity contribution in [3.8, 4) is 0 Å². The summed E-state index contributed by atoms with van der Waals surface area (Å²) in [6.45, 7) is 12.8. The second-order valence-corrected chi connectivity index (χ2v) is 7.89. The third-order valence-electron chi connectivity index (χ3n) is 4.31. The van der Waals surface area contributed by atoms with Crippen molar-refractivity contribution in [2.45, 2.75) is 58.6 Å². The van der Waals surface area contributed by atoms with Gasteiger partial charge in [-0.15, -0.1) is 0 Å². The zero-order chi connectivity index (χ0) is 15.5. The van der Waals surface area contributed by atoms with Crippen molar-refractivity contribution in [2.75, 3.05) is 32.7 Å². The summed E-state index contributed by atoms with van der Waals surface area (Å²) in [5.41, 5.74) is -0.267. The van der Waals surface area contributed by atoms with Crippen LogP contribution in [0.25, 0.3) is 0 Å². The van der Waals surface area contributed by atoms with Crippen molar-refractivity contribution in [3.63, 3.8) is 0 Å². The van der Waals surface area contributed by atoms with Gasteiger partial charge < -0.3 is 20.3 Å². The summed E-state index contributed by atoms with van der Waals surface area (Å²) in [4.78, 5) is 14.1. The summed E-state index contributed by atoms with van der Waals surface area (Å²) < 4.78 is 5.51. The van der Waals surface area contributed by atoms with E-state index in [0.29, 0.717) is 6.04 Å². The van der Waals surface area contributed by atoms with Crippen molar-refractivity contribution in [3.05, 3.63) is 0 Å². The van der Waals surface area contributed by atoms with E-state index >= 15 is 0 Å². The highest BCUT2D eigenvalue weighted by Gasteiger charge is 2.35. The molecule has 122 valence electrons. The van der Waals surface area contributed by atoms with Crippen LogP contribution in [0.5, 0.6) is 0 Å². The maximum atomic E-state index is 12.2. The largest absolute Gasteiger partial charge is 0.444 e. The number of nitrogens with one attached hydrogen (secondary N) is 2. The van der Waals surface area contributed by atoms with Gasteiger partial charge in [0, 0.05) is 32.2 Å². The maximum absolute atomic E-state index is 12.2. The minimum Gasteiger partial charge on any atom is -0.444 e. The molecular formula is C16H31N3O2. The van der Waals surface area contributed by atoms with E-state index in [1.165, 1.54) is 12.8 Å². The molecule has 21 heavy (non-hydrogen) atoms. The molecule has 2 aliphatic rings. The second-order valence-electron chi connectivity index (χ2n) is 7.89. The molecule has 0 aliphatic carbocycles. The molecule has 0 bridgehead atoms. The number of carbonyl (C=O) groups is 1. The smallest absolute Gasteiger partial charge is 0.410 e. The Bertz CT molecular complexity index is 361. The van der Waals surface area contributed by atoms with E-state index in [2.05, 4.69) is 17.6 Å². The predicted molar refractivity (Wildman–Crippen MR) is 84.4 cm³/mol. The fourth-order valence-corrected chi connectivity index (χ4v) is 3.16. The molecule has 1 amide bonds. The van der Waals surface area contributed by atoms with Gasteiger partial charge in [0.05, 0.1) is 0 Å². The van der Waals surface area contributed by atoms with Gasteiger partial charge in [-0.25, -0.2) is 4.79 Å². The molecule has 0 spiro atoms. The van der Waals surface area contributed by atoms with Gasteiger partial charge in [-0.2, -0.15) is 0 Å². The number of amides is 1. The molecule has 2 aliphatic heterocycles. The van der Waals surface area contributed by atoms with Gasteiger partial charge in [0.15, 0.2) is 0 Å². The summed E-state index contributed by atoms with van der Waals surface area (Å²) in [6.07, 6.45) is 3.25. The number of likely N-dealkylation sites (tertiary alicyclic amines) is 1. The Labute approximate surface area is 128 Å². The van der Waals surface area contributed by atoms with Crippen LogP contribution in [0, 0.1) is 5.41 Å². The molecule has 0 radical (unpaired) electrons. The van der Waals surface area contributed by atoms with Crippen LogP contribution in [0.3, 0.4) is 0 Å². The summed E-state index contributed by atoms with van der Waals surface area (Å²) >= 11 is 0. The van der Waals surface area contributed by atoms with Crippen molar-refractivity contribution >= 4 is 6.09 Å². The molecule has 0 aromatic heterocycles. The highest BCUT2D eigenvalue weighted by molar-refractivity contribution is 5.68. The third kappa shape index (κ3) is 5.15. The Morgan fingerprint density at radius 3 is 2.86 bits per heavy atom. The molecule has 5 nitrogen and oxygen atoms in total. The first kappa shape index (κ1) is 16.6. The molecule has 2 N–H and O–H groups in total. The van der Waals surface area contributed by atoms with Gasteiger partial charge >= 0.3 is 6.09 Å². The van der Waals surface area contributed by atoms with Crippen LogP contribution in [0.15, 0.2) is 0 Å². The Hall–Kier alpha value is -0.810. The fourth-order valence-electron chi connectivity index (χ4n) is 3.16. The number of nitrogens with zero attached hydrogens (tertiary/aromatic N) is 1. The SMILES string of the molecule is CC1(CNC2CCNC2)CCCN(C(=O)OC(C)(C)C)C1. The van der Waals surface area contributed by atoms with E-state index < -0.39 is 5.60 Å². The number of rotatable bonds is 3. The van der Waals surface area contributed by atoms with Crippen LogP contribution >= 0.6 is 0 Å². The lowest BCUT2D eigenvalue weighted by Gasteiger charge is -2.41. The van der Waals surface area contributed by atoms with Gasteiger partial charge in [0.1, 0.15) is 5.60 Å². The number of carbonyl (C=O) groups excluding carboxylic acids is 1. The number of hydrogen-bond acceptors (Lipinski definition) is 4. The molecule has 2 saturated heterocycles. The lowest BCUT2D eigenvalue weighted by atomic mass is 9.81. The average molecular weight is 297 g/mol. The van der Waals surface area contributed by atoms with Crippen LogP contribution in [0.4, 0.5) is 4.79 Å². The van der Waals surface area contributed by atoms with Crippen molar-refractivity contribution in [2.24, 2.45) is 5.41 Å². The van der Waals surface area contributed by atoms with Gasteiger partial charge in [0.25, 0.3) is 0 Å². The first-order valence-corrected chi connectivity index (χ1v) is 8.19. The Morgan fingerprint density at radius 1 is 1.48 bits per heavy atom. The monoisotopic (exact) mass is 297 g/mol. The highest BCUT2D eigenvalue weighted by Crippen LogP contribution is 2.30.